The van der Waals surface area contributed by atoms with Crippen LogP contribution >= 0.6 is 0 Å². The number of benzene rings is 1. The topological polar surface area (TPSA) is 44.9 Å². The molecule has 0 bridgehead atoms. The molecule has 0 fully saturated rings. The number of hydrogen-bond acceptors (Lipinski definition) is 2. The molecule has 3 heteroatoms. The highest BCUT2D eigenvalue weighted by molar-refractivity contribution is 6.11. The summed E-state index contributed by atoms with van der Waals surface area (Å²) in [5.74, 6) is 0.937. The molecule has 0 unspecified atom stereocenters. The fourth-order valence-corrected chi connectivity index (χ4v) is 1.89. The van der Waals surface area contributed by atoms with Gasteiger partial charge in [0.2, 0.25) is 0 Å². The Labute approximate surface area is 94.9 Å². The molecule has 1 aromatic carbocycles. The molecule has 1 aromatic heterocycles. The maximum absolute atomic E-state index is 11.6. The van der Waals surface area contributed by atoms with E-state index in [2.05, 4.69) is 17.2 Å². The molecule has 0 radical (unpaired) electrons. The lowest BCUT2D eigenvalue weighted by atomic mass is 10.1. The molecule has 0 aliphatic carbocycles. The highest BCUT2D eigenvalue weighted by Gasteiger charge is 2.13. The van der Waals surface area contributed by atoms with Gasteiger partial charge in [0.25, 0.3) is 0 Å². The van der Waals surface area contributed by atoms with E-state index < -0.39 is 0 Å². The third-order valence-corrected chi connectivity index (χ3v) is 2.61. The van der Waals surface area contributed by atoms with Gasteiger partial charge >= 0.3 is 0 Å². The molecule has 1 heterocycles. The van der Waals surface area contributed by atoms with Gasteiger partial charge in [0.15, 0.2) is 5.78 Å². The Morgan fingerprint density at radius 3 is 2.81 bits per heavy atom. The van der Waals surface area contributed by atoms with Crippen LogP contribution in [0.25, 0.3) is 10.9 Å². The van der Waals surface area contributed by atoms with Crippen LogP contribution in [0.1, 0.15) is 30.6 Å². The Balaban J connectivity index is 2.54. The molecule has 84 valence electrons. The SMILES string of the molecule is CCCNc1[nH]c2ccccc2c1C(C)=O. The summed E-state index contributed by atoms with van der Waals surface area (Å²) in [6.45, 7) is 4.57. The lowest BCUT2D eigenvalue weighted by Gasteiger charge is -2.03. The molecule has 0 amide bonds. The summed E-state index contributed by atoms with van der Waals surface area (Å²) in [5, 5.41) is 4.25. The van der Waals surface area contributed by atoms with Gasteiger partial charge in [-0.3, -0.25) is 4.79 Å². The average molecular weight is 216 g/mol. The summed E-state index contributed by atoms with van der Waals surface area (Å²) in [6.07, 6.45) is 1.03. The van der Waals surface area contributed by atoms with Crippen molar-refractivity contribution in [3.8, 4) is 0 Å². The van der Waals surface area contributed by atoms with Gasteiger partial charge in [-0.1, -0.05) is 25.1 Å². The molecule has 0 spiro atoms. The zero-order chi connectivity index (χ0) is 11.5. The monoisotopic (exact) mass is 216 g/mol. The Morgan fingerprint density at radius 1 is 1.38 bits per heavy atom. The normalized spacial score (nSPS) is 10.6. The molecule has 3 nitrogen and oxygen atoms in total. The second kappa shape index (κ2) is 4.39. The van der Waals surface area contributed by atoms with Crippen LogP contribution in [-0.2, 0) is 0 Å². The van der Waals surface area contributed by atoms with Crippen LogP contribution in [-0.4, -0.2) is 17.3 Å². The molecular formula is C13H16N2O. The van der Waals surface area contributed by atoms with Gasteiger partial charge in [-0.2, -0.15) is 0 Å². The smallest absolute Gasteiger partial charge is 0.164 e. The van der Waals surface area contributed by atoms with Gasteiger partial charge in [0.1, 0.15) is 5.82 Å². The van der Waals surface area contributed by atoms with Crippen LogP contribution in [0.2, 0.25) is 0 Å². The van der Waals surface area contributed by atoms with E-state index >= 15 is 0 Å². The van der Waals surface area contributed by atoms with Crippen molar-refractivity contribution >= 4 is 22.5 Å². The number of anilines is 1. The highest BCUT2D eigenvalue weighted by atomic mass is 16.1. The van der Waals surface area contributed by atoms with Crippen molar-refractivity contribution in [2.75, 3.05) is 11.9 Å². The minimum atomic E-state index is 0.0936. The summed E-state index contributed by atoms with van der Waals surface area (Å²) in [5.41, 5.74) is 1.77. The van der Waals surface area contributed by atoms with Crippen LogP contribution in [0, 0.1) is 0 Å². The van der Waals surface area contributed by atoms with Crippen LogP contribution < -0.4 is 5.32 Å². The molecule has 2 N–H and O–H groups in total. The molecule has 0 aliphatic heterocycles. The number of nitrogens with one attached hydrogen (secondary N) is 2. The number of carbonyl (C=O) groups excluding carboxylic acids is 1. The standard InChI is InChI=1S/C13H16N2O/c1-3-8-14-13-12(9(2)16)10-6-4-5-7-11(10)15-13/h4-7,14-15H,3,8H2,1-2H3. The van der Waals surface area contributed by atoms with E-state index in [-0.39, 0.29) is 5.78 Å². The Bertz CT molecular complexity index is 514. The van der Waals surface area contributed by atoms with Gasteiger partial charge in [0.05, 0.1) is 5.56 Å². The summed E-state index contributed by atoms with van der Waals surface area (Å²) < 4.78 is 0. The lowest BCUT2D eigenvalue weighted by molar-refractivity contribution is 0.102. The third kappa shape index (κ3) is 1.81. The molecule has 0 saturated heterocycles. The van der Waals surface area contributed by atoms with E-state index in [1.165, 1.54) is 0 Å². The maximum atomic E-state index is 11.6. The molecule has 0 atom stereocenters. The molecule has 2 aromatic rings. The number of fused-ring (bicyclic) bond motifs is 1. The minimum absolute atomic E-state index is 0.0936. The number of carbonyl (C=O) groups is 1. The van der Waals surface area contributed by atoms with Gasteiger partial charge in [-0.05, 0) is 19.4 Å². The van der Waals surface area contributed by atoms with Crippen LogP contribution in [0.4, 0.5) is 5.82 Å². The van der Waals surface area contributed by atoms with Crippen LogP contribution in [0.15, 0.2) is 24.3 Å². The first kappa shape index (κ1) is 10.7. The fourth-order valence-electron chi connectivity index (χ4n) is 1.89. The number of aromatic nitrogens is 1. The van der Waals surface area contributed by atoms with E-state index in [0.717, 1.165) is 35.2 Å². The van der Waals surface area contributed by atoms with Gasteiger partial charge in [-0.25, -0.2) is 0 Å². The van der Waals surface area contributed by atoms with Gasteiger partial charge < -0.3 is 10.3 Å². The predicted molar refractivity (Wildman–Crippen MR) is 67.1 cm³/mol. The van der Waals surface area contributed by atoms with Crippen molar-refractivity contribution in [1.82, 2.24) is 4.98 Å². The Hall–Kier alpha value is -1.77. The molecule has 0 aliphatic rings. The zero-order valence-electron chi connectivity index (χ0n) is 9.63. The zero-order valence-corrected chi connectivity index (χ0v) is 9.63. The van der Waals surface area contributed by atoms with Crippen molar-refractivity contribution in [2.24, 2.45) is 0 Å². The van der Waals surface area contributed by atoms with E-state index in [1.54, 1.807) is 6.92 Å². The van der Waals surface area contributed by atoms with E-state index in [0.29, 0.717) is 0 Å². The van der Waals surface area contributed by atoms with E-state index in [9.17, 15) is 4.79 Å². The van der Waals surface area contributed by atoms with E-state index in [1.807, 2.05) is 24.3 Å². The van der Waals surface area contributed by atoms with E-state index in [4.69, 9.17) is 0 Å². The number of hydrogen-bond donors (Lipinski definition) is 2. The van der Waals surface area contributed by atoms with Crippen molar-refractivity contribution in [3.63, 3.8) is 0 Å². The fraction of sp³-hybridized carbons (Fsp3) is 0.308. The number of para-hydroxylation sites is 1. The van der Waals surface area contributed by atoms with Crippen molar-refractivity contribution in [2.45, 2.75) is 20.3 Å². The summed E-state index contributed by atoms with van der Waals surface area (Å²) in [6, 6.07) is 7.87. The maximum Gasteiger partial charge on any atom is 0.164 e. The Morgan fingerprint density at radius 2 is 2.12 bits per heavy atom. The first-order chi connectivity index (χ1) is 7.74. The van der Waals surface area contributed by atoms with Crippen molar-refractivity contribution in [3.05, 3.63) is 29.8 Å². The van der Waals surface area contributed by atoms with Crippen molar-refractivity contribution in [1.29, 1.82) is 0 Å². The number of ketones is 1. The molecular weight excluding hydrogens is 200 g/mol. The van der Waals surface area contributed by atoms with Crippen molar-refractivity contribution < 1.29 is 4.79 Å². The molecule has 0 saturated carbocycles. The van der Waals surface area contributed by atoms with Gasteiger partial charge in [0, 0.05) is 17.4 Å². The number of rotatable bonds is 4. The highest BCUT2D eigenvalue weighted by Crippen LogP contribution is 2.26. The third-order valence-electron chi connectivity index (χ3n) is 2.61. The minimum Gasteiger partial charge on any atom is -0.371 e. The van der Waals surface area contributed by atoms with Gasteiger partial charge in [-0.15, -0.1) is 0 Å². The molecule has 16 heavy (non-hydrogen) atoms. The average Bonchev–Trinajstić information content (AvgIpc) is 2.64. The number of aromatic amines is 1. The largest absolute Gasteiger partial charge is 0.371 e. The number of Topliss-reactive ketones (excluding diaryl/α,β-unsaturated/α-hetero) is 1. The summed E-state index contributed by atoms with van der Waals surface area (Å²) in [4.78, 5) is 14.9. The first-order valence-corrected chi connectivity index (χ1v) is 5.59. The molecule has 2 rings (SSSR count). The summed E-state index contributed by atoms with van der Waals surface area (Å²) in [7, 11) is 0. The number of H-pyrrole nitrogens is 1. The second-order valence-electron chi connectivity index (χ2n) is 3.90. The van der Waals surface area contributed by atoms with Crippen LogP contribution in [0.3, 0.4) is 0 Å². The van der Waals surface area contributed by atoms with Crippen LogP contribution in [0.5, 0.6) is 0 Å². The second-order valence-corrected chi connectivity index (χ2v) is 3.90. The Kier molecular flexibility index (Phi) is 2.95. The predicted octanol–water partition coefficient (Wildman–Crippen LogP) is 3.19. The quantitative estimate of drug-likeness (QED) is 0.771. The summed E-state index contributed by atoms with van der Waals surface area (Å²) >= 11 is 0. The lowest BCUT2D eigenvalue weighted by Crippen LogP contribution is -2.04. The first-order valence-electron chi connectivity index (χ1n) is 5.59.